The summed E-state index contributed by atoms with van der Waals surface area (Å²) in [6, 6.07) is 5.18. The third-order valence-electron chi connectivity index (χ3n) is 3.01. The lowest BCUT2D eigenvalue weighted by atomic mass is 10.2. The second kappa shape index (κ2) is 6.91. The summed E-state index contributed by atoms with van der Waals surface area (Å²) < 4.78 is 5.08. The third-order valence-corrected chi connectivity index (χ3v) is 4.44. The Morgan fingerprint density at radius 2 is 2.19 bits per heavy atom. The van der Waals surface area contributed by atoms with Crippen molar-refractivity contribution < 1.29 is 9.53 Å². The van der Waals surface area contributed by atoms with Crippen molar-refractivity contribution in [3.05, 3.63) is 38.8 Å². The predicted molar refractivity (Wildman–Crippen MR) is 86.5 cm³/mol. The number of carbonyl (C=O) groups is 1. The van der Waals surface area contributed by atoms with Crippen molar-refractivity contribution in [3.8, 4) is 5.75 Å². The number of rotatable bonds is 5. The number of anilines is 1. The Labute approximate surface area is 133 Å². The summed E-state index contributed by atoms with van der Waals surface area (Å²) in [5, 5.41) is 4.34. The number of aromatic nitrogens is 1. The van der Waals surface area contributed by atoms with Crippen LogP contribution in [0, 0.1) is 13.8 Å². The highest BCUT2D eigenvalue weighted by atomic mass is 35.5. The molecule has 0 saturated heterocycles. The maximum absolute atomic E-state index is 12.0. The van der Waals surface area contributed by atoms with Crippen LogP contribution in [0.25, 0.3) is 0 Å². The van der Waals surface area contributed by atoms with E-state index in [0.717, 1.165) is 15.6 Å². The molecule has 0 unspecified atom stereocenters. The highest BCUT2D eigenvalue weighted by Gasteiger charge is 2.09. The second-order valence-corrected chi connectivity index (χ2v) is 6.33. The number of thiazole rings is 1. The fourth-order valence-corrected chi connectivity index (χ4v) is 3.19. The van der Waals surface area contributed by atoms with Gasteiger partial charge in [0, 0.05) is 17.0 Å². The molecule has 2 aromatic rings. The number of benzene rings is 1. The Kier molecular flexibility index (Phi) is 5.20. The molecule has 1 heterocycles. The number of aryl methyl sites for hydroxylation is 3. The van der Waals surface area contributed by atoms with Gasteiger partial charge in [0.15, 0.2) is 0 Å². The molecule has 1 amide bonds. The predicted octanol–water partition coefficient (Wildman–Crippen LogP) is 3.99. The van der Waals surface area contributed by atoms with E-state index in [1.165, 1.54) is 0 Å². The largest absolute Gasteiger partial charge is 0.495 e. The molecular formula is C15H17ClN2O2S. The average molecular weight is 325 g/mol. The van der Waals surface area contributed by atoms with Crippen LogP contribution in [0.15, 0.2) is 18.2 Å². The second-order valence-electron chi connectivity index (χ2n) is 4.64. The molecule has 2 rings (SSSR count). The smallest absolute Gasteiger partial charge is 0.224 e. The lowest BCUT2D eigenvalue weighted by Crippen LogP contribution is -2.12. The van der Waals surface area contributed by atoms with Gasteiger partial charge >= 0.3 is 0 Å². The third kappa shape index (κ3) is 4.19. The van der Waals surface area contributed by atoms with E-state index in [1.807, 2.05) is 13.8 Å². The molecule has 0 aliphatic carbocycles. The monoisotopic (exact) mass is 324 g/mol. The van der Waals surface area contributed by atoms with Gasteiger partial charge in [0.25, 0.3) is 0 Å². The van der Waals surface area contributed by atoms with Gasteiger partial charge in [-0.05, 0) is 38.5 Å². The molecule has 112 valence electrons. The standard InChI is InChI=1S/C15H17ClN2O2S/c1-9-14(21-10(2)17-9)6-7-15(19)18-11-4-5-13(20-3)12(16)8-11/h4-5,8H,6-7H2,1-3H3,(H,18,19). The molecule has 6 heteroatoms. The number of nitrogens with one attached hydrogen (secondary N) is 1. The molecule has 1 N–H and O–H groups in total. The van der Waals surface area contributed by atoms with Crippen LogP contribution in [0.1, 0.15) is 22.0 Å². The summed E-state index contributed by atoms with van der Waals surface area (Å²) in [7, 11) is 1.55. The van der Waals surface area contributed by atoms with Crippen molar-refractivity contribution in [1.82, 2.24) is 4.98 Å². The van der Waals surface area contributed by atoms with Crippen LogP contribution in [0.3, 0.4) is 0 Å². The zero-order chi connectivity index (χ0) is 15.4. The number of amides is 1. The number of ether oxygens (including phenoxy) is 1. The molecule has 0 atom stereocenters. The number of hydrogen-bond donors (Lipinski definition) is 1. The first-order valence-electron chi connectivity index (χ1n) is 6.56. The van der Waals surface area contributed by atoms with Crippen molar-refractivity contribution in [2.45, 2.75) is 26.7 Å². The summed E-state index contributed by atoms with van der Waals surface area (Å²) in [4.78, 5) is 17.5. The van der Waals surface area contributed by atoms with Gasteiger partial charge in [-0.2, -0.15) is 0 Å². The minimum Gasteiger partial charge on any atom is -0.495 e. The highest BCUT2D eigenvalue weighted by molar-refractivity contribution is 7.11. The summed E-state index contributed by atoms with van der Waals surface area (Å²) in [5.41, 5.74) is 1.68. The molecule has 0 spiro atoms. The SMILES string of the molecule is COc1ccc(NC(=O)CCc2sc(C)nc2C)cc1Cl. The van der Waals surface area contributed by atoms with E-state index in [1.54, 1.807) is 36.6 Å². The van der Waals surface area contributed by atoms with E-state index < -0.39 is 0 Å². The Hall–Kier alpha value is -1.59. The Morgan fingerprint density at radius 3 is 2.76 bits per heavy atom. The molecule has 0 radical (unpaired) electrons. The maximum atomic E-state index is 12.0. The van der Waals surface area contributed by atoms with Crippen LogP contribution in [0.5, 0.6) is 5.75 Å². The Bertz CT molecular complexity index is 655. The van der Waals surface area contributed by atoms with Gasteiger partial charge < -0.3 is 10.1 Å². The van der Waals surface area contributed by atoms with E-state index in [-0.39, 0.29) is 5.91 Å². The van der Waals surface area contributed by atoms with Crippen molar-refractivity contribution in [2.75, 3.05) is 12.4 Å². The van der Waals surface area contributed by atoms with Crippen LogP contribution in [-0.2, 0) is 11.2 Å². The first-order chi connectivity index (χ1) is 9.99. The van der Waals surface area contributed by atoms with Crippen LogP contribution in [0.4, 0.5) is 5.69 Å². The van der Waals surface area contributed by atoms with Crippen molar-refractivity contribution in [2.24, 2.45) is 0 Å². The lowest BCUT2D eigenvalue weighted by molar-refractivity contribution is -0.116. The van der Waals surface area contributed by atoms with Crippen LogP contribution < -0.4 is 10.1 Å². The quantitative estimate of drug-likeness (QED) is 0.904. The van der Waals surface area contributed by atoms with E-state index in [2.05, 4.69) is 10.3 Å². The van der Waals surface area contributed by atoms with E-state index in [4.69, 9.17) is 16.3 Å². The summed E-state index contributed by atoms with van der Waals surface area (Å²) in [5.74, 6) is 0.548. The number of nitrogens with zero attached hydrogens (tertiary/aromatic N) is 1. The molecule has 21 heavy (non-hydrogen) atoms. The number of hydrogen-bond acceptors (Lipinski definition) is 4. The van der Waals surface area contributed by atoms with Gasteiger partial charge in [-0.1, -0.05) is 11.6 Å². The molecule has 1 aromatic heterocycles. The minimum atomic E-state index is -0.0401. The Morgan fingerprint density at radius 1 is 1.43 bits per heavy atom. The molecule has 1 aromatic carbocycles. The first kappa shape index (κ1) is 15.8. The summed E-state index contributed by atoms with van der Waals surface area (Å²) in [6.45, 7) is 3.95. The van der Waals surface area contributed by atoms with E-state index in [9.17, 15) is 4.79 Å². The molecule has 0 fully saturated rings. The topological polar surface area (TPSA) is 51.2 Å². The van der Waals surface area contributed by atoms with E-state index >= 15 is 0 Å². The van der Waals surface area contributed by atoms with Gasteiger partial charge in [-0.25, -0.2) is 4.98 Å². The molecular weight excluding hydrogens is 308 g/mol. The number of methoxy groups -OCH3 is 1. The summed E-state index contributed by atoms with van der Waals surface area (Å²) in [6.07, 6.45) is 1.12. The van der Waals surface area contributed by atoms with Gasteiger partial charge in [-0.15, -0.1) is 11.3 Å². The van der Waals surface area contributed by atoms with Crippen molar-refractivity contribution in [1.29, 1.82) is 0 Å². The lowest BCUT2D eigenvalue weighted by Gasteiger charge is -2.08. The minimum absolute atomic E-state index is 0.0401. The average Bonchev–Trinajstić information content (AvgIpc) is 2.75. The van der Waals surface area contributed by atoms with Crippen molar-refractivity contribution in [3.63, 3.8) is 0 Å². The van der Waals surface area contributed by atoms with Crippen molar-refractivity contribution >= 4 is 34.5 Å². The van der Waals surface area contributed by atoms with Gasteiger partial charge in [0.1, 0.15) is 5.75 Å². The Balaban J connectivity index is 1.93. The maximum Gasteiger partial charge on any atom is 0.224 e. The van der Waals surface area contributed by atoms with Crippen LogP contribution in [-0.4, -0.2) is 18.0 Å². The molecule has 0 aliphatic rings. The van der Waals surface area contributed by atoms with Crippen LogP contribution in [0.2, 0.25) is 5.02 Å². The zero-order valence-electron chi connectivity index (χ0n) is 12.2. The van der Waals surface area contributed by atoms with Gasteiger partial charge in [-0.3, -0.25) is 4.79 Å². The molecule has 4 nitrogen and oxygen atoms in total. The first-order valence-corrected chi connectivity index (χ1v) is 7.75. The van der Waals surface area contributed by atoms with E-state index in [0.29, 0.717) is 29.3 Å². The molecule has 0 saturated carbocycles. The fraction of sp³-hybridized carbons (Fsp3) is 0.333. The fourth-order valence-electron chi connectivity index (χ4n) is 2.00. The van der Waals surface area contributed by atoms with Gasteiger partial charge in [0.05, 0.1) is 22.8 Å². The number of halogens is 1. The molecule has 0 aliphatic heterocycles. The number of carbonyl (C=O) groups excluding carboxylic acids is 1. The normalized spacial score (nSPS) is 10.5. The van der Waals surface area contributed by atoms with Gasteiger partial charge in [0.2, 0.25) is 5.91 Å². The highest BCUT2D eigenvalue weighted by Crippen LogP contribution is 2.27. The molecule has 0 bridgehead atoms. The summed E-state index contributed by atoms with van der Waals surface area (Å²) >= 11 is 7.67. The zero-order valence-corrected chi connectivity index (χ0v) is 13.8. The van der Waals surface area contributed by atoms with Crippen LogP contribution >= 0.6 is 22.9 Å².